The first-order valence-electron chi connectivity index (χ1n) is 8.15. The summed E-state index contributed by atoms with van der Waals surface area (Å²) in [5.41, 5.74) is 2.32. The van der Waals surface area contributed by atoms with Gasteiger partial charge < -0.3 is 5.32 Å². The first kappa shape index (κ1) is 15.8. The Labute approximate surface area is 128 Å². The van der Waals surface area contributed by atoms with Crippen LogP contribution in [0.3, 0.4) is 0 Å². The van der Waals surface area contributed by atoms with Crippen LogP contribution in [0, 0.1) is 11.8 Å². The Morgan fingerprint density at radius 3 is 2.55 bits per heavy atom. The van der Waals surface area contributed by atoms with Gasteiger partial charge in [-0.3, -0.25) is 4.68 Å². The zero-order chi connectivity index (χ0) is 14.5. The van der Waals surface area contributed by atoms with Crippen molar-refractivity contribution in [1.82, 2.24) is 15.1 Å². The SMILES string of the molecule is CCCNCC1CCC1Cc1c(Cl)c(CC)nn1CC. The van der Waals surface area contributed by atoms with Gasteiger partial charge >= 0.3 is 0 Å². The number of nitrogens with zero attached hydrogens (tertiary/aromatic N) is 2. The molecule has 0 radical (unpaired) electrons. The highest BCUT2D eigenvalue weighted by molar-refractivity contribution is 6.31. The summed E-state index contributed by atoms with van der Waals surface area (Å²) >= 11 is 6.51. The standard InChI is InChI=1S/C16H28ClN3/c1-4-9-18-11-13-8-7-12(13)10-15-16(17)14(5-2)19-20(15)6-3/h12-13,18H,4-11H2,1-3H3. The number of hydrogen-bond donors (Lipinski definition) is 1. The van der Waals surface area contributed by atoms with Gasteiger partial charge in [0.15, 0.2) is 0 Å². The Morgan fingerprint density at radius 2 is 2.00 bits per heavy atom. The third kappa shape index (κ3) is 3.37. The first-order chi connectivity index (χ1) is 9.71. The number of rotatable bonds is 8. The molecule has 2 atom stereocenters. The minimum atomic E-state index is 0.781. The maximum atomic E-state index is 6.51. The van der Waals surface area contributed by atoms with Crippen LogP contribution in [-0.4, -0.2) is 22.9 Å². The zero-order valence-corrected chi connectivity index (χ0v) is 13.8. The summed E-state index contributed by atoms with van der Waals surface area (Å²) in [5.74, 6) is 1.60. The third-order valence-corrected chi connectivity index (χ3v) is 4.99. The molecule has 2 unspecified atom stereocenters. The van der Waals surface area contributed by atoms with Gasteiger partial charge in [0.05, 0.1) is 16.4 Å². The van der Waals surface area contributed by atoms with Crippen molar-refractivity contribution in [3.8, 4) is 0 Å². The molecule has 20 heavy (non-hydrogen) atoms. The highest BCUT2D eigenvalue weighted by Crippen LogP contribution is 2.38. The molecule has 0 aliphatic heterocycles. The lowest BCUT2D eigenvalue weighted by atomic mass is 9.71. The van der Waals surface area contributed by atoms with Crippen LogP contribution in [0.2, 0.25) is 5.02 Å². The van der Waals surface area contributed by atoms with E-state index in [0.717, 1.165) is 55.0 Å². The molecule has 4 heteroatoms. The molecule has 0 amide bonds. The summed E-state index contributed by atoms with van der Waals surface area (Å²) in [6.07, 6.45) is 5.93. The second kappa shape index (κ2) is 7.46. The van der Waals surface area contributed by atoms with Crippen LogP contribution in [0.1, 0.15) is 51.4 Å². The fraction of sp³-hybridized carbons (Fsp3) is 0.812. The van der Waals surface area contributed by atoms with E-state index in [1.54, 1.807) is 0 Å². The van der Waals surface area contributed by atoms with E-state index < -0.39 is 0 Å². The van der Waals surface area contributed by atoms with Gasteiger partial charge in [-0.2, -0.15) is 5.10 Å². The molecule has 1 N–H and O–H groups in total. The minimum absolute atomic E-state index is 0.781. The summed E-state index contributed by atoms with van der Waals surface area (Å²) in [5, 5.41) is 9.10. The zero-order valence-electron chi connectivity index (χ0n) is 13.1. The van der Waals surface area contributed by atoms with Gasteiger partial charge in [-0.05, 0) is 64.0 Å². The van der Waals surface area contributed by atoms with E-state index in [9.17, 15) is 0 Å². The van der Waals surface area contributed by atoms with Crippen LogP contribution < -0.4 is 5.32 Å². The molecule has 1 aromatic rings. The maximum absolute atomic E-state index is 6.51. The summed E-state index contributed by atoms with van der Waals surface area (Å²) in [7, 11) is 0. The van der Waals surface area contributed by atoms with Crippen molar-refractivity contribution in [3.05, 3.63) is 16.4 Å². The molecule has 0 saturated heterocycles. The van der Waals surface area contributed by atoms with Gasteiger partial charge in [0.1, 0.15) is 0 Å². The van der Waals surface area contributed by atoms with Crippen LogP contribution in [0.5, 0.6) is 0 Å². The Balaban J connectivity index is 1.97. The summed E-state index contributed by atoms with van der Waals surface area (Å²) in [4.78, 5) is 0. The molecule has 0 aromatic carbocycles. The highest BCUT2D eigenvalue weighted by atomic mass is 35.5. The van der Waals surface area contributed by atoms with Crippen LogP contribution in [0.4, 0.5) is 0 Å². The van der Waals surface area contributed by atoms with Crippen molar-refractivity contribution >= 4 is 11.6 Å². The van der Waals surface area contributed by atoms with Crippen LogP contribution in [0.25, 0.3) is 0 Å². The molecule has 114 valence electrons. The second-order valence-corrected chi connectivity index (χ2v) is 6.26. The number of halogens is 1. The van der Waals surface area contributed by atoms with E-state index in [0.29, 0.717) is 0 Å². The molecule has 3 nitrogen and oxygen atoms in total. The summed E-state index contributed by atoms with van der Waals surface area (Å²) < 4.78 is 2.11. The quantitative estimate of drug-likeness (QED) is 0.742. The van der Waals surface area contributed by atoms with Crippen molar-refractivity contribution in [2.75, 3.05) is 13.1 Å². The number of nitrogens with one attached hydrogen (secondary N) is 1. The van der Waals surface area contributed by atoms with Gasteiger partial charge in [0, 0.05) is 6.54 Å². The fourth-order valence-corrected chi connectivity index (χ4v) is 3.45. The summed E-state index contributed by atoms with van der Waals surface area (Å²) in [6, 6.07) is 0. The van der Waals surface area contributed by atoms with E-state index in [-0.39, 0.29) is 0 Å². The lowest BCUT2D eigenvalue weighted by molar-refractivity contribution is 0.168. The smallest absolute Gasteiger partial charge is 0.0849 e. The highest BCUT2D eigenvalue weighted by Gasteiger charge is 2.32. The Morgan fingerprint density at radius 1 is 1.25 bits per heavy atom. The molecule has 1 aromatic heterocycles. The third-order valence-electron chi connectivity index (χ3n) is 4.56. The molecule has 1 aliphatic rings. The molecule has 1 saturated carbocycles. The second-order valence-electron chi connectivity index (χ2n) is 5.88. The predicted octanol–water partition coefficient (Wildman–Crippen LogP) is 3.69. The number of aryl methyl sites for hydroxylation is 2. The maximum Gasteiger partial charge on any atom is 0.0849 e. The van der Waals surface area contributed by atoms with Gasteiger partial charge in [-0.25, -0.2) is 0 Å². The first-order valence-corrected chi connectivity index (χ1v) is 8.53. The van der Waals surface area contributed by atoms with Gasteiger partial charge in [0.2, 0.25) is 0 Å². The molecule has 1 aliphatic carbocycles. The van der Waals surface area contributed by atoms with Crippen LogP contribution in [0.15, 0.2) is 0 Å². The molecular formula is C16H28ClN3. The van der Waals surface area contributed by atoms with Crippen molar-refractivity contribution in [2.24, 2.45) is 11.8 Å². The number of aromatic nitrogens is 2. The minimum Gasteiger partial charge on any atom is -0.316 e. The molecule has 1 fully saturated rings. The van der Waals surface area contributed by atoms with E-state index in [1.807, 2.05) is 0 Å². The van der Waals surface area contributed by atoms with Crippen LogP contribution in [-0.2, 0) is 19.4 Å². The van der Waals surface area contributed by atoms with E-state index >= 15 is 0 Å². The molecule has 0 spiro atoms. The van der Waals surface area contributed by atoms with Crippen LogP contribution >= 0.6 is 11.6 Å². The monoisotopic (exact) mass is 297 g/mol. The Hall–Kier alpha value is -0.540. The average molecular weight is 298 g/mol. The largest absolute Gasteiger partial charge is 0.316 e. The Bertz CT molecular complexity index is 428. The average Bonchev–Trinajstić information content (AvgIpc) is 2.75. The topological polar surface area (TPSA) is 29.9 Å². The fourth-order valence-electron chi connectivity index (χ4n) is 3.10. The van der Waals surface area contributed by atoms with E-state index in [2.05, 4.69) is 35.9 Å². The molecule has 1 heterocycles. The Kier molecular flexibility index (Phi) is 5.91. The normalized spacial score (nSPS) is 22.0. The van der Waals surface area contributed by atoms with Crippen molar-refractivity contribution in [3.63, 3.8) is 0 Å². The van der Waals surface area contributed by atoms with Gasteiger partial charge in [-0.1, -0.05) is 25.4 Å². The number of hydrogen-bond acceptors (Lipinski definition) is 2. The molecule has 2 rings (SSSR count). The lowest BCUT2D eigenvalue weighted by Crippen LogP contribution is -2.37. The van der Waals surface area contributed by atoms with Gasteiger partial charge in [-0.15, -0.1) is 0 Å². The predicted molar refractivity (Wildman–Crippen MR) is 85.4 cm³/mol. The summed E-state index contributed by atoms with van der Waals surface area (Å²) in [6.45, 7) is 9.71. The lowest BCUT2D eigenvalue weighted by Gasteiger charge is -2.37. The van der Waals surface area contributed by atoms with Crippen molar-refractivity contribution in [1.29, 1.82) is 0 Å². The van der Waals surface area contributed by atoms with E-state index in [4.69, 9.17) is 11.6 Å². The molecular weight excluding hydrogens is 270 g/mol. The van der Waals surface area contributed by atoms with Crippen molar-refractivity contribution < 1.29 is 0 Å². The van der Waals surface area contributed by atoms with Gasteiger partial charge in [0.25, 0.3) is 0 Å². The van der Waals surface area contributed by atoms with E-state index in [1.165, 1.54) is 25.0 Å². The molecule has 0 bridgehead atoms. The van der Waals surface area contributed by atoms with Crippen molar-refractivity contribution in [2.45, 2.75) is 59.4 Å².